The predicted octanol–water partition coefficient (Wildman–Crippen LogP) is 1.81. The highest BCUT2D eigenvalue weighted by atomic mass is 35.5. The van der Waals surface area contributed by atoms with Gasteiger partial charge in [-0.25, -0.2) is 13.1 Å². The monoisotopic (exact) mass is 436 g/mol. The number of benzene rings is 2. The molecular weight excluding hydrogens is 424 g/mol. The fourth-order valence-corrected chi connectivity index (χ4v) is 4.73. The van der Waals surface area contributed by atoms with Gasteiger partial charge in [0.05, 0.1) is 12.3 Å². The Morgan fingerprint density at radius 2 is 1.66 bits per heavy atom. The van der Waals surface area contributed by atoms with Gasteiger partial charge < -0.3 is 18.9 Å². The zero-order chi connectivity index (χ0) is 20.0. The van der Waals surface area contributed by atoms with E-state index in [0.717, 1.165) is 5.56 Å². The first-order valence-corrected chi connectivity index (χ1v) is 10.5. The summed E-state index contributed by atoms with van der Waals surface area (Å²) in [6.45, 7) is 0.363. The molecule has 0 saturated heterocycles. The summed E-state index contributed by atoms with van der Waals surface area (Å²) in [6, 6.07) is 8.39. The van der Waals surface area contributed by atoms with E-state index in [1.54, 1.807) is 24.3 Å². The van der Waals surface area contributed by atoms with Crippen LogP contribution in [0.1, 0.15) is 11.1 Å². The van der Waals surface area contributed by atoms with Gasteiger partial charge in [0.25, 0.3) is 5.16 Å². The molecule has 3 heterocycles. The van der Waals surface area contributed by atoms with Crippen molar-refractivity contribution in [3.8, 4) is 23.0 Å². The van der Waals surface area contributed by atoms with Crippen molar-refractivity contribution in [2.45, 2.75) is 17.5 Å². The molecule has 0 N–H and O–H groups in total. The summed E-state index contributed by atoms with van der Waals surface area (Å²) in [5.74, 6) is 1.76. The molecule has 0 unspecified atom stereocenters. The predicted molar refractivity (Wildman–Crippen MR) is 97.9 cm³/mol. The second kappa shape index (κ2) is 6.78. The lowest BCUT2D eigenvalue weighted by Gasteiger charge is -2.09. The van der Waals surface area contributed by atoms with Crippen LogP contribution < -0.4 is 18.9 Å². The summed E-state index contributed by atoms with van der Waals surface area (Å²) in [5.41, 5.74) is 1.13. The summed E-state index contributed by atoms with van der Waals surface area (Å²) >= 11 is 6.21. The van der Waals surface area contributed by atoms with Crippen molar-refractivity contribution in [1.29, 1.82) is 0 Å². The minimum atomic E-state index is -3.88. The molecule has 2 aliphatic heterocycles. The van der Waals surface area contributed by atoms with Crippen LogP contribution in [0.3, 0.4) is 0 Å². The van der Waals surface area contributed by atoms with Gasteiger partial charge in [-0.15, -0.1) is 0 Å². The second-order valence-corrected chi connectivity index (χ2v) is 8.65. The second-order valence-electron chi connectivity index (χ2n) is 6.36. The van der Waals surface area contributed by atoms with E-state index in [1.807, 2.05) is 0 Å². The minimum absolute atomic E-state index is 0.0651. The smallest absolute Gasteiger partial charge is 0.268 e. The van der Waals surface area contributed by atoms with E-state index in [-0.39, 0.29) is 36.1 Å². The Balaban J connectivity index is 1.42. The highest BCUT2D eigenvalue weighted by Crippen LogP contribution is 2.38. The Bertz CT molecular complexity index is 1210. The fourth-order valence-electron chi connectivity index (χ4n) is 3.07. The maximum Gasteiger partial charge on any atom is 0.268 e. The van der Waals surface area contributed by atoms with E-state index >= 15 is 0 Å². The first-order valence-electron chi connectivity index (χ1n) is 8.45. The van der Waals surface area contributed by atoms with E-state index in [4.69, 9.17) is 30.5 Å². The standard InChI is InChI=1S/C17H13ClN4O6S/c18-12-5-16-15(27-9-28-16)4-11(12)7-29(23,24)17-19-20-21-22(17)6-10-1-2-13-14(3-10)26-8-25-13/h1-5H,6-9H2. The van der Waals surface area contributed by atoms with Gasteiger partial charge in [0.15, 0.2) is 23.0 Å². The van der Waals surface area contributed by atoms with E-state index in [0.29, 0.717) is 28.6 Å². The molecular formula is C17H13ClN4O6S. The van der Waals surface area contributed by atoms with Crippen molar-refractivity contribution in [1.82, 2.24) is 20.2 Å². The maximum absolute atomic E-state index is 13.0. The lowest BCUT2D eigenvalue weighted by Crippen LogP contribution is -2.15. The average Bonchev–Trinajstić information content (AvgIpc) is 3.41. The number of ether oxygens (including phenoxy) is 4. The van der Waals surface area contributed by atoms with Crippen LogP contribution in [0.25, 0.3) is 0 Å². The number of hydrogen-bond acceptors (Lipinski definition) is 9. The molecule has 0 amide bonds. The molecule has 0 saturated carbocycles. The summed E-state index contributed by atoms with van der Waals surface area (Å²) < 4.78 is 48.3. The number of hydrogen-bond donors (Lipinski definition) is 0. The Hall–Kier alpha value is -3.05. The molecule has 0 atom stereocenters. The Kier molecular flexibility index (Phi) is 4.21. The third-order valence-corrected chi connectivity index (χ3v) is 6.33. The van der Waals surface area contributed by atoms with Gasteiger partial charge in [0, 0.05) is 11.1 Å². The fraction of sp³-hybridized carbons (Fsp3) is 0.235. The molecule has 12 heteroatoms. The molecule has 0 radical (unpaired) electrons. The van der Waals surface area contributed by atoms with Crippen LogP contribution in [-0.4, -0.2) is 42.2 Å². The first kappa shape index (κ1) is 18.0. The van der Waals surface area contributed by atoms with Gasteiger partial charge in [0.2, 0.25) is 23.4 Å². The third kappa shape index (κ3) is 3.32. The Labute approximate surface area is 169 Å². The molecule has 0 bridgehead atoms. The van der Waals surface area contributed by atoms with Crippen molar-refractivity contribution >= 4 is 21.4 Å². The van der Waals surface area contributed by atoms with Crippen LogP contribution in [-0.2, 0) is 22.1 Å². The third-order valence-electron chi connectivity index (χ3n) is 4.43. The zero-order valence-corrected chi connectivity index (χ0v) is 16.3. The van der Waals surface area contributed by atoms with Gasteiger partial charge in [-0.1, -0.05) is 22.8 Å². The largest absolute Gasteiger partial charge is 0.454 e. The van der Waals surface area contributed by atoms with E-state index in [9.17, 15) is 8.42 Å². The van der Waals surface area contributed by atoms with Gasteiger partial charge in [-0.05, 0) is 39.8 Å². The molecule has 2 aromatic carbocycles. The highest BCUT2D eigenvalue weighted by Gasteiger charge is 2.27. The van der Waals surface area contributed by atoms with Gasteiger partial charge in [0.1, 0.15) is 0 Å². The van der Waals surface area contributed by atoms with Gasteiger partial charge in [-0.2, -0.15) is 0 Å². The lowest BCUT2D eigenvalue weighted by atomic mass is 10.2. The molecule has 10 nitrogen and oxygen atoms in total. The molecule has 2 aliphatic rings. The maximum atomic E-state index is 13.0. The normalized spacial score (nSPS) is 14.4. The number of halogens is 1. The van der Waals surface area contributed by atoms with Crippen LogP contribution in [0.4, 0.5) is 0 Å². The minimum Gasteiger partial charge on any atom is -0.454 e. The molecule has 5 rings (SSSR count). The summed E-state index contributed by atoms with van der Waals surface area (Å²) in [7, 11) is -3.88. The Morgan fingerprint density at radius 1 is 0.966 bits per heavy atom. The number of tetrazole rings is 1. The summed E-state index contributed by atoms with van der Waals surface area (Å²) in [6.07, 6.45) is 0. The molecule has 3 aromatic rings. The summed E-state index contributed by atoms with van der Waals surface area (Å²) in [4.78, 5) is 0. The van der Waals surface area contributed by atoms with Crippen LogP contribution in [0.5, 0.6) is 23.0 Å². The van der Waals surface area contributed by atoms with Crippen molar-refractivity contribution in [3.63, 3.8) is 0 Å². The van der Waals surface area contributed by atoms with E-state index in [2.05, 4.69) is 15.5 Å². The van der Waals surface area contributed by atoms with Crippen molar-refractivity contribution in [2.75, 3.05) is 13.6 Å². The number of rotatable bonds is 5. The average molecular weight is 437 g/mol. The van der Waals surface area contributed by atoms with Crippen molar-refractivity contribution in [3.05, 3.63) is 46.5 Å². The number of aromatic nitrogens is 4. The molecule has 0 fully saturated rings. The van der Waals surface area contributed by atoms with Crippen LogP contribution >= 0.6 is 11.6 Å². The topological polar surface area (TPSA) is 115 Å². The van der Waals surface area contributed by atoms with Crippen LogP contribution in [0.15, 0.2) is 35.5 Å². The number of fused-ring (bicyclic) bond motifs is 2. The van der Waals surface area contributed by atoms with Gasteiger partial charge >= 0.3 is 0 Å². The SMILES string of the molecule is O=S(=O)(Cc1cc2c(cc1Cl)OCO2)c1nnnn1Cc1ccc2c(c1)OCO2. The van der Waals surface area contributed by atoms with E-state index in [1.165, 1.54) is 10.7 Å². The summed E-state index contributed by atoms with van der Waals surface area (Å²) in [5, 5.41) is 11.1. The van der Waals surface area contributed by atoms with Crippen molar-refractivity contribution < 1.29 is 27.4 Å². The van der Waals surface area contributed by atoms with E-state index < -0.39 is 9.84 Å². The molecule has 0 aliphatic carbocycles. The molecule has 29 heavy (non-hydrogen) atoms. The zero-order valence-electron chi connectivity index (χ0n) is 14.7. The number of sulfone groups is 1. The molecule has 150 valence electrons. The van der Waals surface area contributed by atoms with Gasteiger partial charge in [-0.3, -0.25) is 0 Å². The van der Waals surface area contributed by atoms with Crippen LogP contribution in [0.2, 0.25) is 5.02 Å². The quantitative estimate of drug-likeness (QED) is 0.590. The highest BCUT2D eigenvalue weighted by molar-refractivity contribution is 7.90. The Morgan fingerprint density at radius 3 is 2.45 bits per heavy atom. The lowest BCUT2D eigenvalue weighted by molar-refractivity contribution is 0.173. The van der Waals surface area contributed by atoms with Crippen LogP contribution in [0, 0.1) is 0 Å². The molecule has 0 spiro atoms. The number of nitrogens with zero attached hydrogens (tertiary/aromatic N) is 4. The molecule has 1 aromatic heterocycles. The van der Waals surface area contributed by atoms with Crippen molar-refractivity contribution in [2.24, 2.45) is 0 Å². The first-order chi connectivity index (χ1) is 14.0.